The van der Waals surface area contributed by atoms with Crippen LogP contribution in [0.4, 0.5) is 5.95 Å². The van der Waals surface area contributed by atoms with E-state index in [2.05, 4.69) is 14.9 Å². The molecule has 1 fully saturated rings. The summed E-state index contributed by atoms with van der Waals surface area (Å²) in [5.41, 5.74) is 6.80. The van der Waals surface area contributed by atoms with Crippen molar-refractivity contribution in [1.82, 2.24) is 19.8 Å². The van der Waals surface area contributed by atoms with Crippen LogP contribution in [0.2, 0.25) is 0 Å². The summed E-state index contributed by atoms with van der Waals surface area (Å²) in [6.07, 6.45) is 0.260. The van der Waals surface area contributed by atoms with Gasteiger partial charge in [-0.25, -0.2) is 4.98 Å². The number of carbonyl (C=O) groups is 1. The van der Waals surface area contributed by atoms with Gasteiger partial charge in [-0.05, 0) is 19.0 Å². The Balaban J connectivity index is 1.63. The number of hydrogen-bond acceptors (Lipinski definition) is 6. The molecule has 1 aromatic carbocycles. The van der Waals surface area contributed by atoms with Crippen molar-refractivity contribution < 1.29 is 9.53 Å². The first kappa shape index (κ1) is 19.1. The highest BCUT2D eigenvalue weighted by atomic mass is 16.5. The molecular weight excluding hydrogens is 346 g/mol. The number of carbonyl (C=O) groups excluding carboxylic acids is 1. The molecule has 1 aliphatic heterocycles. The maximum Gasteiger partial charge on any atom is 0.256 e. The van der Waals surface area contributed by atoms with E-state index >= 15 is 0 Å². The number of amides is 1. The van der Waals surface area contributed by atoms with Gasteiger partial charge in [0.25, 0.3) is 11.5 Å². The summed E-state index contributed by atoms with van der Waals surface area (Å²) in [6.45, 7) is 1.78. The number of H-pyrrole nitrogens is 1. The molecule has 27 heavy (non-hydrogen) atoms. The van der Waals surface area contributed by atoms with Gasteiger partial charge in [-0.1, -0.05) is 30.3 Å². The number of nitrogens with two attached hydrogens (primary N) is 1. The van der Waals surface area contributed by atoms with Gasteiger partial charge >= 0.3 is 0 Å². The minimum absolute atomic E-state index is 0.0295. The molecule has 3 rings (SSSR count). The molecule has 0 radical (unpaired) electrons. The van der Waals surface area contributed by atoms with Gasteiger partial charge in [0.05, 0.1) is 5.69 Å². The molecule has 0 aliphatic carbocycles. The number of nitrogens with zero attached hydrogens (tertiary/aromatic N) is 3. The predicted molar refractivity (Wildman–Crippen MR) is 102 cm³/mol. The van der Waals surface area contributed by atoms with Crippen molar-refractivity contribution in [2.75, 3.05) is 33.0 Å². The van der Waals surface area contributed by atoms with Gasteiger partial charge < -0.3 is 15.4 Å². The van der Waals surface area contributed by atoms with Crippen molar-refractivity contribution in [3.63, 3.8) is 0 Å². The highest BCUT2D eigenvalue weighted by Crippen LogP contribution is 2.23. The normalized spacial score (nSPS) is 18.0. The lowest BCUT2D eigenvalue weighted by Gasteiger charge is -2.26. The zero-order valence-electron chi connectivity index (χ0n) is 15.6. The monoisotopic (exact) mass is 371 g/mol. The lowest BCUT2D eigenvalue weighted by molar-refractivity contribution is -0.141. The minimum atomic E-state index is -0.593. The molecule has 8 heteroatoms. The topological polar surface area (TPSA) is 105 Å². The lowest BCUT2D eigenvalue weighted by Crippen LogP contribution is -2.38. The zero-order chi connectivity index (χ0) is 19.4. The van der Waals surface area contributed by atoms with E-state index in [-0.39, 0.29) is 23.5 Å². The Kier molecular flexibility index (Phi) is 5.88. The number of likely N-dealkylation sites (tertiary alicyclic amines) is 1. The van der Waals surface area contributed by atoms with Crippen LogP contribution in [0.5, 0.6) is 0 Å². The second-order valence-electron chi connectivity index (χ2n) is 6.79. The summed E-state index contributed by atoms with van der Waals surface area (Å²) >= 11 is 0. The van der Waals surface area contributed by atoms with Crippen molar-refractivity contribution >= 4 is 11.9 Å². The van der Waals surface area contributed by atoms with E-state index in [1.165, 1.54) is 6.07 Å². The molecule has 0 spiro atoms. The molecule has 8 nitrogen and oxygen atoms in total. The van der Waals surface area contributed by atoms with Gasteiger partial charge in [0.15, 0.2) is 6.10 Å². The maximum atomic E-state index is 12.9. The Morgan fingerprint density at radius 3 is 2.85 bits per heavy atom. The molecule has 0 unspecified atom stereocenters. The van der Waals surface area contributed by atoms with Gasteiger partial charge in [-0.3, -0.25) is 19.5 Å². The van der Waals surface area contributed by atoms with Crippen molar-refractivity contribution in [1.29, 1.82) is 0 Å². The molecule has 2 heterocycles. The predicted octanol–water partition coefficient (Wildman–Crippen LogP) is 0.773. The highest BCUT2D eigenvalue weighted by Gasteiger charge is 2.33. The first-order chi connectivity index (χ1) is 13.0. The Bertz CT molecular complexity index is 839. The maximum absolute atomic E-state index is 12.9. The van der Waals surface area contributed by atoms with Crippen LogP contribution in [0.1, 0.15) is 23.8 Å². The second-order valence-corrected chi connectivity index (χ2v) is 6.79. The summed E-state index contributed by atoms with van der Waals surface area (Å²) in [6, 6.07) is 11.1. The number of likely N-dealkylation sites (N-methyl/N-ethyl adjacent to an activating group) is 1. The first-order valence-electron chi connectivity index (χ1n) is 8.90. The SMILES string of the molecule is CO[C@H](C(=O)N1CC[C@H](N(C)Cc2cc(=O)[nH]c(N)n2)C1)c1ccccc1. The number of hydrogen-bond donors (Lipinski definition) is 2. The van der Waals surface area contributed by atoms with Crippen molar-refractivity contribution in [2.45, 2.75) is 25.1 Å². The van der Waals surface area contributed by atoms with Gasteiger partial charge in [-0.2, -0.15) is 0 Å². The van der Waals surface area contributed by atoms with Gasteiger partial charge in [-0.15, -0.1) is 0 Å². The molecule has 3 N–H and O–H groups in total. The van der Waals surface area contributed by atoms with E-state index in [0.29, 0.717) is 25.3 Å². The van der Waals surface area contributed by atoms with E-state index < -0.39 is 6.10 Å². The van der Waals surface area contributed by atoms with E-state index in [1.807, 2.05) is 42.3 Å². The fourth-order valence-electron chi connectivity index (χ4n) is 3.47. The average molecular weight is 371 g/mol. The summed E-state index contributed by atoms with van der Waals surface area (Å²) in [5.74, 6) is 0.0815. The smallest absolute Gasteiger partial charge is 0.256 e. The van der Waals surface area contributed by atoms with Crippen LogP contribution in [-0.2, 0) is 16.1 Å². The van der Waals surface area contributed by atoms with E-state index in [1.54, 1.807) is 7.11 Å². The molecule has 0 bridgehead atoms. The molecule has 0 saturated carbocycles. The second kappa shape index (κ2) is 8.32. The largest absolute Gasteiger partial charge is 0.369 e. The summed E-state index contributed by atoms with van der Waals surface area (Å²) in [4.78, 5) is 35.0. The Labute approximate surface area is 158 Å². The molecule has 2 aromatic rings. The molecule has 2 atom stereocenters. The minimum Gasteiger partial charge on any atom is -0.369 e. The number of rotatable bonds is 6. The quantitative estimate of drug-likeness (QED) is 0.777. The number of benzene rings is 1. The van der Waals surface area contributed by atoms with Gasteiger partial charge in [0, 0.05) is 38.9 Å². The average Bonchev–Trinajstić information content (AvgIpc) is 3.12. The number of aromatic nitrogens is 2. The Morgan fingerprint density at radius 2 is 2.19 bits per heavy atom. The van der Waals surface area contributed by atoms with Crippen LogP contribution >= 0.6 is 0 Å². The Hall–Kier alpha value is -2.71. The van der Waals surface area contributed by atoms with Crippen molar-refractivity contribution in [3.05, 3.63) is 58.0 Å². The third kappa shape index (κ3) is 4.53. The molecule has 1 saturated heterocycles. The molecule has 1 aromatic heterocycles. The van der Waals surface area contributed by atoms with Gasteiger partial charge in [0.1, 0.15) is 0 Å². The number of methoxy groups -OCH3 is 1. The zero-order valence-corrected chi connectivity index (χ0v) is 15.6. The van der Waals surface area contributed by atoms with E-state index in [9.17, 15) is 9.59 Å². The standard InChI is InChI=1S/C19H25N5O3/c1-23(11-14-10-16(25)22-19(20)21-14)15-8-9-24(12-15)18(26)17(27-2)13-6-4-3-5-7-13/h3-7,10,15,17H,8-9,11-12H2,1-2H3,(H3,20,21,22,25)/t15-,17-/m0/s1. The molecule has 144 valence electrons. The number of nitrogens with one attached hydrogen (secondary N) is 1. The number of aromatic amines is 1. The highest BCUT2D eigenvalue weighted by molar-refractivity contribution is 5.82. The van der Waals surface area contributed by atoms with Crippen LogP contribution in [0.25, 0.3) is 0 Å². The molecular formula is C19H25N5O3. The van der Waals surface area contributed by atoms with Crippen LogP contribution in [0, 0.1) is 0 Å². The fourth-order valence-corrected chi connectivity index (χ4v) is 3.47. The number of ether oxygens (including phenoxy) is 1. The van der Waals surface area contributed by atoms with Crippen molar-refractivity contribution in [3.8, 4) is 0 Å². The third-order valence-corrected chi connectivity index (χ3v) is 4.89. The number of nitrogen functional groups attached to an aromatic ring is 1. The first-order valence-corrected chi connectivity index (χ1v) is 8.90. The van der Waals surface area contributed by atoms with Crippen LogP contribution in [0.15, 0.2) is 41.2 Å². The fraction of sp³-hybridized carbons (Fsp3) is 0.421. The summed E-state index contributed by atoms with van der Waals surface area (Å²) in [5, 5.41) is 0. The van der Waals surface area contributed by atoms with Crippen LogP contribution < -0.4 is 11.3 Å². The molecule has 1 aliphatic rings. The Morgan fingerprint density at radius 1 is 1.44 bits per heavy atom. The lowest BCUT2D eigenvalue weighted by atomic mass is 10.1. The number of anilines is 1. The van der Waals surface area contributed by atoms with Gasteiger partial charge in [0.2, 0.25) is 5.95 Å². The summed E-state index contributed by atoms with van der Waals surface area (Å²) < 4.78 is 5.46. The van der Waals surface area contributed by atoms with Crippen molar-refractivity contribution in [2.24, 2.45) is 0 Å². The van der Waals surface area contributed by atoms with E-state index in [0.717, 1.165) is 12.0 Å². The van der Waals surface area contributed by atoms with Crippen LogP contribution in [-0.4, -0.2) is 59.0 Å². The third-order valence-electron chi connectivity index (χ3n) is 4.89. The van der Waals surface area contributed by atoms with Crippen LogP contribution in [0.3, 0.4) is 0 Å². The molecule has 1 amide bonds. The summed E-state index contributed by atoms with van der Waals surface area (Å²) in [7, 11) is 3.51. The van der Waals surface area contributed by atoms with E-state index in [4.69, 9.17) is 10.5 Å².